The Bertz CT molecular complexity index is 1040. The molecule has 0 unspecified atom stereocenters. The van der Waals surface area contributed by atoms with Crippen LogP contribution < -0.4 is 14.8 Å². The van der Waals surface area contributed by atoms with Crippen LogP contribution in [0.5, 0.6) is 5.75 Å². The summed E-state index contributed by atoms with van der Waals surface area (Å²) in [4.78, 5) is 4.62. The van der Waals surface area contributed by atoms with E-state index in [1.54, 1.807) is 24.3 Å². The number of rotatable bonds is 9. The Morgan fingerprint density at radius 2 is 1.83 bits per heavy atom. The number of hydrogen-bond donors (Lipinski definition) is 1. The molecule has 1 heterocycles. The highest BCUT2D eigenvalue weighted by Crippen LogP contribution is 2.27. The third kappa shape index (κ3) is 5.24. The van der Waals surface area contributed by atoms with Crippen LogP contribution in [0.25, 0.3) is 0 Å². The van der Waals surface area contributed by atoms with E-state index in [1.165, 1.54) is 23.5 Å². The smallest absolute Gasteiger partial charge is 0.266 e. The van der Waals surface area contributed by atoms with Crippen LogP contribution in [0.2, 0.25) is 5.02 Å². The van der Waals surface area contributed by atoms with Gasteiger partial charge in [0.1, 0.15) is 11.6 Å². The van der Waals surface area contributed by atoms with E-state index in [9.17, 15) is 8.42 Å². The lowest BCUT2D eigenvalue weighted by molar-refractivity contribution is 0.414. The summed E-state index contributed by atoms with van der Waals surface area (Å²) < 4.78 is 37.1. The number of halogens is 1. The van der Waals surface area contributed by atoms with Gasteiger partial charge in [-0.15, -0.1) is 0 Å². The standard InChI is InChI=1S/C19H21ClN4O3S2/c1-27-16-7-9-17(10-8-16)29(25,26)24(12-2-11-21)19-22-18(23-28-19)13-14-3-5-15(20)6-4-14/h3-10H,2,11-13,21H2,1H3. The van der Waals surface area contributed by atoms with Crippen molar-refractivity contribution in [1.82, 2.24) is 9.36 Å². The van der Waals surface area contributed by atoms with E-state index < -0.39 is 10.0 Å². The Morgan fingerprint density at radius 1 is 1.14 bits per heavy atom. The van der Waals surface area contributed by atoms with Gasteiger partial charge in [-0.2, -0.15) is 4.37 Å². The van der Waals surface area contributed by atoms with E-state index >= 15 is 0 Å². The minimum atomic E-state index is -3.80. The Kier molecular flexibility index (Phi) is 7.07. The van der Waals surface area contributed by atoms with Gasteiger partial charge in [-0.05, 0) is 54.9 Å². The molecule has 1 aromatic heterocycles. The fourth-order valence-corrected chi connectivity index (χ4v) is 5.12. The van der Waals surface area contributed by atoms with Gasteiger partial charge in [0.15, 0.2) is 0 Å². The molecule has 0 saturated heterocycles. The zero-order valence-electron chi connectivity index (χ0n) is 15.8. The summed E-state index contributed by atoms with van der Waals surface area (Å²) >= 11 is 6.97. The SMILES string of the molecule is COc1ccc(S(=O)(=O)N(CCCN)c2nc(Cc3ccc(Cl)cc3)ns2)cc1. The first-order chi connectivity index (χ1) is 13.9. The van der Waals surface area contributed by atoms with Gasteiger partial charge >= 0.3 is 0 Å². The molecule has 0 aliphatic rings. The maximum atomic E-state index is 13.2. The third-order valence-electron chi connectivity index (χ3n) is 4.16. The van der Waals surface area contributed by atoms with Crippen molar-refractivity contribution < 1.29 is 13.2 Å². The molecular formula is C19H21ClN4O3S2. The first-order valence-corrected chi connectivity index (χ1v) is 11.5. The van der Waals surface area contributed by atoms with Gasteiger partial charge in [-0.1, -0.05) is 23.7 Å². The van der Waals surface area contributed by atoms with Crippen LogP contribution in [0.1, 0.15) is 17.8 Å². The van der Waals surface area contributed by atoms with Crippen LogP contribution in [0.4, 0.5) is 5.13 Å². The number of hydrogen-bond acceptors (Lipinski definition) is 7. The molecule has 7 nitrogen and oxygen atoms in total. The van der Waals surface area contributed by atoms with E-state index in [0.717, 1.165) is 17.1 Å². The first kappa shape index (κ1) is 21.5. The average Bonchev–Trinajstić information content (AvgIpc) is 3.18. The average molecular weight is 453 g/mol. The van der Waals surface area contributed by atoms with Crippen molar-refractivity contribution in [2.24, 2.45) is 5.73 Å². The van der Waals surface area contributed by atoms with Gasteiger partial charge in [0.05, 0.1) is 12.0 Å². The Hall–Kier alpha value is -2.20. The predicted molar refractivity (Wildman–Crippen MR) is 115 cm³/mol. The number of anilines is 1. The van der Waals surface area contributed by atoms with E-state index in [1.807, 2.05) is 12.1 Å². The molecule has 0 spiro atoms. The van der Waals surface area contributed by atoms with Gasteiger partial charge in [-0.25, -0.2) is 17.7 Å². The zero-order valence-corrected chi connectivity index (χ0v) is 18.2. The largest absolute Gasteiger partial charge is 0.497 e. The van der Waals surface area contributed by atoms with Crippen LogP contribution in [-0.4, -0.2) is 38.0 Å². The van der Waals surface area contributed by atoms with Gasteiger partial charge in [0.25, 0.3) is 10.0 Å². The van der Waals surface area contributed by atoms with Crippen LogP contribution >= 0.6 is 23.1 Å². The normalized spacial score (nSPS) is 11.4. The van der Waals surface area contributed by atoms with Crippen LogP contribution in [-0.2, 0) is 16.4 Å². The molecule has 0 bridgehead atoms. The monoisotopic (exact) mass is 452 g/mol. The molecule has 0 atom stereocenters. The molecule has 0 radical (unpaired) electrons. The fourth-order valence-electron chi connectivity index (χ4n) is 2.63. The Morgan fingerprint density at radius 3 is 2.45 bits per heavy atom. The summed E-state index contributed by atoms with van der Waals surface area (Å²) in [5.74, 6) is 1.13. The van der Waals surface area contributed by atoms with Crippen molar-refractivity contribution in [1.29, 1.82) is 0 Å². The lowest BCUT2D eigenvalue weighted by Crippen LogP contribution is -2.33. The maximum Gasteiger partial charge on any atom is 0.266 e. The number of ether oxygens (including phenoxy) is 1. The summed E-state index contributed by atoms with van der Waals surface area (Å²) in [5.41, 5.74) is 6.60. The third-order valence-corrected chi connectivity index (χ3v) is 7.11. The minimum Gasteiger partial charge on any atom is -0.497 e. The van der Waals surface area contributed by atoms with E-state index in [-0.39, 0.29) is 11.4 Å². The molecule has 10 heteroatoms. The van der Waals surface area contributed by atoms with Gasteiger partial charge in [0.2, 0.25) is 5.13 Å². The van der Waals surface area contributed by atoms with Crippen molar-refractivity contribution in [2.75, 3.05) is 24.5 Å². The second kappa shape index (κ2) is 9.53. The summed E-state index contributed by atoms with van der Waals surface area (Å²) in [5, 5.41) is 0.970. The second-order valence-electron chi connectivity index (χ2n) is 6.19. The number of nitrogens with zero attached hydrogens (tertiary/aromatic N) is 3. The van der Waals surface area contributed by atoms with Crippen molar-refractivity contribution in [3.8, 4) is 5.75 Å². The maximum absolute atomic E-state index is 13.2. The van der Waals surface area contributed by atoms with Crippen LogP contribution in [0.3, 0.4) is 0 Å². The Balaban J connectivity index is 1.87. The number of nitrogens with two attached hydrogens (primary N) is 1. The molecule has 2 aromatic carbocycles. The molecule has 0 aliphatic heterocycles. The second-order valence-corrected chi connectivity index (χ2v) is 9.22. The summed E-state index contributed by atoms with van der Waals surface area (Å²) in [6.45, 7) is 0.589. The molecule has 3 aromatic rings. The molecule has 0 aliphatic carbocycles. The number of methoxy groups -OCH3 is 1. The van der Waals surface area contributed by atoms with Gasteiger partial charge in [-0.3, -0.25) is 0 Å². The number of aromatic nitrogens is 2. The van der Waals surface area contributed by atoms with Crippen molar-refractivity contribution in [3.63, 3.8) is 0 Å². The summed E-state index contributed by atoms with van der Waals surface area (Å²) in [6.07, 6.45) is 0.989. The molecule has 2 N–H and O–H groups in total. The highest BCUT2D eigenvalue weighted by atomic mass is 35.5. The Labute approximate surface area is 179 Å². The predicted octanol–water partition coefficient (Wildman–Crippen LogP) is 3.34. The van der Waals surface area contributed by atoms with Crippen molar-refractivity contribution in [2.45, 2.75) is 17.7 Å². The molecule has 154 valence electrons. The van der Waals surface area contributed by atoms with E-state index in [4.69, 9.17) is 22.1 Å². The molecule has 29 heavy (non-hydrogen) atoms. The molecule has 0 amide bonds. The van der Waals surface area contributed by atoms with Crippen molar-refractivity contribution >= 4 is 38.3 Å². The number of sulfonamides is 1. The fraction of sp³-hybridized carbons (Fsp3) is 0.263. The summed E-state index contributed by atoms with van der Waals surface area (Å²) in [7, 11) is -2.28. The van der Waals surface area contributed by atoms with Gasteiger partial charge in [0, 0.05) is 29.5 Å². The lowest BCUT2D eigenvalue weighted by Gasteiger charge is -2.21. The zero-order chi connectivity index (χ0) is 20.9. The van der Waals surface area contributed by atoms with E-state index in [2.05, 4.69) is 9.36 Å². The van der Waals surface area contributed by atoms with E-state index in [0.29, 0.717) is 41.1 Å². The molecular weight excluding hydrogens is 432 g/mol. The quantitative estimate of drug-likeness (QED) is 0.534. The minimum absolute atomic E-state index is 0.157. The lowest BCUT2D eigenvalue weighted by atomic mass is 10.1. The summed E-state index contributed by atoms with van der Waals surface area (Å²) in [6, 6.07) is 13.6. The number of benzene rings is 2. The highest BCUT2D eigenvalue weighted by Gasteiger charge is 2.27. The molecule has 0 saturated carbocycles. The van der Waals surface area contributed by atoms with Crippen molar-refractivity contribution in [3.05, 3.63) is 64.9 Å². The van der Waals surface area contributed by atoms with Gasteiger partial charge < -0.3 is 10.5 Å². The van der Waals surface area contributed by atoms with Crippen LogP contribution in [0, 0.1) is 0 Å². The first-order valence-electron chi connectivity index (χ1n) is 8.88. The molecule has 0 fully saturated rings. The highest BCUT2D eigenvalue weighted by molar-refractivity contribution is 7.93. The molecule has 3 rings (SSSR count). The topological polar surface area (TPSA) is 98.4 Å². The van der Waals surface area contributed by atoms with Crippen LogP contribution in [0.15, 0.2) is 53.4 Å².